The zero-order valence-electron chi connectivity index (χ0n) is 20.2. The Labute approximate surface area is 198 Å². The molecular formula is C29H39NO3. The summed E-state index contributed by atoms with van der Waals surface area (Å²) in [6.45, 7) is 5.77. The van der Waals surface area contributed by atoms with Crippen LogP contribution >= 0.6 is 0 Å². The van der Waals surface area contributed by atoms with Crippen LogP contribution in [0.25, 0.3) is 0 Å². The molecule has 2 aliphatic heterocycles. The normalized spacial score (nSPS) is 37.0. The predicted molar refractivity (Wildman–Crippen MR) is 128 cm³/mol. The molecular weight excluding hydrogens is 410 g/mol. The first-order valence-corrected chi connectivity index (χ1v) is 13.5. The number of benzene rings is 1. The van der Waals surface area contributed by atoms with Crippen LogP contribution in [0.3, 0.4) is 0 Å². The summed E-state index contributed by atoms with van der Waals surface area (Å²) in [5.41, 5.74) is 3.21. The molecule has 4 nitrogen and oxygen atoms in total. The Morgan fingerprint density at radius 1 is 1.12 bits per heavy atom. The van der Waals surface area contributed by atoms with Gasteiger partial charge >= 0.3 is 0 Å². The Morgan fingerprint density at radius 2 is 1.94 bits per heavy atom. The van der Waals surface area contributed by atoms with Gasteiger partial charge in [-0.1, -0.05) is 31.2 Å². The van der Waals surface area contributed by atoms with Crippen molar-refractivity contribution in [2.45, 2.75) is 77.0 Å². The summed E-state index contributed by atoms with van der Waals surface area (Å²) in [5, 5.41) is 0. The van der Waals surface area contributed by atoms with Crippen LogP contribution in [0, 0.1) is 28.6 Å². The molecule has 1 amide bonds. The van der Waals surface area contributed by atoms with Crippen LogP contribution in [0.4, 0.5) is 0 Å². The number of rotatable bonds is 3. The van der Waals surface area contributed by atoms with Gasteiger partial charge in [-0.25, -0.2) is 0 Å². The maximum atomic E-state index is 13.3. The summed E-state index contributed by atoms with van der Waals surface area (Å²) in [6, 6.07) is 8.99. The molecule has 1 spiro atoms. The van der Waals surface area contributed by atoms with Gasteiger partial charge in [0, 0.05) is 44.6 Å². The van der Waals surface area contributed by atoms with Crippen molar-refractivity contribution in [3.8, 4) is 0 Å². The molecule has 4 heteroatoms. The van der Waals surface area contributed by atoms with Crippen molar-refractivity contribution in [1.29, 1.82) is 0 Å². The van der Waals surface area contributed by atoms with Crippen molar-refractivity contribution in [1.82, 2.24) is 4.90 Å². The van der Waals surface area contributed by atoms with Gasteiger partial charge in [0.15, 0.2) is 0 Å². The molecule has 33 heavy (non-hydrogen) atoms. The van der Waals surface area contributed by atoms with E-state index in [1.807, 2.05) is 0 Å². The SMILES string of the molecule is C[C@]12CCC3c4ccccc4CCC3C1[C@H](CCC(=O)N1CCC3(CCOCC3)C1)CC2=O. The number of hydrogen-bond acceptors (Lipinski definition) is 3. The highest BCUT2D eigenvalue weighted by Gasteiger charge is 2.58. The fourth-order valence-electron chi connectivity index (χ4n) is 8.67. The molecule has 5 aliphatic rings. The second-order valence-electron chi connectivity index (χ2n) is 12.1. The number of ether oxygens (including phenoxy) is 1. The van der Waals surface area contributed by atoms with Crippen molar-refractivity contribution < 1.29 is 14.3 Å². The lowest BCUT2D eigenvalue weighted by Crippen LogP contribution is -2.44. The predicted octanol–water partition coefficient (Wildman–Crippen LogP) is 5.15. The largest absolute Gasteiger partial charge is 0.381 e. The van der Waals surface area contributed by atoms with Gasteiger partial charge in [-0.3, -0.25) is 9.59 Å². The van der Waals surface area contributed by atoms with E-state index in [2.05, 4.69) is 36.1 Å². The monoisotopic (exact) mass is 449 g/mol. The van der Waals surface area contributed by atoms with Crippen LogP contribution in [-0.2, 0) is 20.7 Å². The molecule has 2 saturated heterocycles. The molecule has 0 N–H and O–H groups in total. The van der Waals surface area contributed by atoms with E-state index >= 15 is 0 Å². The maximum absolute atomic E-state index is 13.3. The number of aryl methyl sites for hydroxylation is 1. The number of carbonyl (C=O) groups is 2. The third-order valence-electron chi connectivity index (χ3n) is 10.6. The highest BCUT2D eigenvalue weighted by molar-refractivity contribution is 5.88. The third-order valence-corrected chi connectivity index (χ3v) is 10.6. The van der Waals surface area contributed by atoms with E-state index in [-0.39, 0.29) is 5.41 Å². The molecule has 6 rings (SSSR count). The quantitative estimate of drug-likeness (QED) is 0.641. The Bertz CT molecular complexity index is 935. The van der Waals surface area contributed by atoms with E-state index in [1.54, 1.807) is 5.56 Å². The molecule has 0 aromatic heterocycles. The summed E-state index contributed by atoms with van der Waals surface area (Å²) < 4.78 is 5.57. The minimum atomic E-state index is -0.166. The lowest BCUT2D eigenvalue weighted by atomic mass is 9.54. The number of likely N-dealkylation sites (tertiary alicyclic amines) is 1. The average Bonchev–Trinajstić information content (AvgIpc) is 3.36. The third kappa shape index (κ3) is 3.59. The Balaban J connectivity index is 1.15. The van der Waals surface area contributed by atoms with Gasteiger partial charge in [-0.2, -0.15) is 0 Å². The first kappa shape index (κ1) is 21.8. The standard InChI is InChI=1S/C29H39NO3/c1-28-11-10-23-22-5-3-2-4-20(22)6-8-24(23)27(28)21(18-25(28)31)7-9-26(32)30-15-12-29(19-30)13-16-33-17-14-29/h2-5,21,23-24,27H,6-19H2,1H3/t21-,23?,24?,27?,28-/m1/s1. The smallest absolute Gasteiger partial charge is 0.222 e. The van der Waals surface area contributed by atoms with E-state index in [4.69, 9.17) is 4.74 Å². The van der Waals surface area contributed by atoms with E-state index < -0.39 is 0 Å². The van der Waals surface area contributed by atoms with Gasteiger partial charge in [0.1, 0.15) is 5.78 Å². The fourth-order valence-corrected chi connectivity index (χ4v) is 8.67. The van der Waals surface area contributed by atoms with Gasteiger partial charge in [0.25, 0.3) is 0 Å². The number of hydrogen-bond donors (Lipinski definition) is 0. The molecule has 1 aromatic rings. The van der Waals surface area contributed by atoms with Crippen molar-refractivity contribution in [3.05, 3.63) is 35.4 Å². The molecule has 2 saturated carbocycles. The number of ketones is 1. The lowest BCUT2D eigenvalue weighted by molar-refractivity contribution is -0.131. The molecule has 5 atom stereocenters. The number of carbonyl (C=O) groups excluding carboxylic acids is 2. The second-order valence-corrected chi connectivity index (χ2v) is 12.1. The first-order valence-electron chi connectivity index (χ1n) is 13.5. The van der Waals surface area contributed by atoms with E-state index in [9.17, 15) is 9.59 Å². The maximum Gasteiger partial charge on any atom is 0.222 e. The molecule has 4 fully saturated rings. The van der Waals surface area contributed by atoms with Crippen LogP contribution in [-0.4, -0.2) is 42.9 Å². The van der Waals surface area contributed by atoms with Crippen LogP contribution in [0.2, 0.25) is 0 Å². The van der Waals surface area contributed by atoms with Crippen LogP contribution < -0.4 is 0 Å². The lowest BCUT2D eigenvalue weighted by Gasteiger charge is -2.50. The summed E-state index contributed by atoms with van der Waals surface area (Å²) in [6.07, 6.45) is 10.0. The molecule has 0 radical (unpaired) electrons. The van der Waals surface area contributed by atoms with Crippen molar-refractivity contribution in [2.24, 2.45) is 28.6 Å². The summed E-state index contributed by atoms with van der Waals surface area (Å²) in [5.74, 6) is 2.83. The zero-order valence-corrected chi connectivity index (χ0v) is 20.2. The van der Waals surface area contributed by atoms with E-state index in [0.717, 1.165) is 71.2 Å². The van der Waals surface area contributed by atoms with Gasteiger partial charge in [-0.05, 0) is 91.6 Å². The molecule has 178 valence electrons. The molecule has 0 bridgehead atoms. The van der Waals surface area contributed by atoms with Gasteiger partial charge in [0.2, 0.25) is 5.91 Å². The Kier molecular flexibility index (Phi) is 5.44. The molecule has 1 aromatic carbocycles. The number of nitrogens with zero attached hydrogens (tertiary/aromatic N) is 1. The Hall–Kier alpha value is -1.68. The van der Waals surface area contributed by atoms with Crippen molar-refractivity contribution in [2.75, 3.05) is 26.3 Å². The van der Waals surface area contributed by atoms with Gasteiger partial charge in [0.05, 0.1) is 0 Å². The summed E-state index contributed by atoms with van der Waals surface area (Å²) in [4.78, 5) is 28.6. The van der Waals surface area contributed by atoms with Crippen LogP contribution in [0.5, 0.6) is 0 Å². The first-order chi connectivity index (χ1) is 16.0. The average molecular weight is 450 g/mol. The molecule has 2 heterocycles. The summed E-state index contributed by atoms with van der Waals surface area (Å²) in [7, 11) is 0. The Morgan fingerprint density at radius 3 is 2.79 bits per heavy atom. The number of fused-ring (bicyclic) bond motifs is 5. The van der Waals surface area contributed by atoms with E-state index in [0.29, 0.717) is 53.6 Å². The number of Topliss-reactive ketones (excluding diaryl/α,β-unsaturated/α-hetero) is 1. The molecule has 3 aliphatic carbocycles. The highest BCUT2D eigenvalue weighted by atomic mass is 16.5. The minimum Gasteiger partial charge on any atom is -0.381 e. The van der Waals surface area contributed by atoms with Gasteiger partial charge < -0.3 is 9.64 Å². The fraction of sp³-hybridized carbons (Fsp3) is 0.724. The summed E-state index contributed by atoms with van der Waals surface area (Å²) >= 11 is 0. The van der Waals surface area contributed by atoms with Crippen molar-refractivity contribution >= 4 is 11.7 Å². The molecule has 3 unspecified atom stereocenters. The zero-order chi connectivity index (χ0) is 22.6. The second kappa shape index (κ2) is 8.22. The van der Waals surface area contributed by atoms with Crippen LogP contribution in [0.15, 0.2) is 24.3 Å². The van der Waals surface area contributed by atoms with E-state index in [1.165, 1.54) is 12.0 Å². The number of amides is 1. The minimum absolute atomic E-state index is 0.166. The topological polar surface area (TPSA) is 46.6 Å². The highest BCUT2D eigenvalue weighted by Crippen LogP contribution is 2.62. The van der Waals surface area contributed by atoms with Gasteiger partial charge in [-0.15, -0.1) is 0 Å². The van der Waals surface area contributed by atoms with Crippen LogP contribution in [0.1, 0.15) is 81.8 Å². The van der Waals surface area contributed by atoms with Crippen molar-refractivity contribution in [3.63, 3.8) is 0 Å².